The molecule has 0 bridgehead atoms. The predicted molar refractivity (Wildman–Crippen MR) is 84.0 cm³/mol. The van der Waals surface area contributed by atoms with Gasteiger partial charge in [0, 0.05) is 11.8 Å². The third kappa shape index (κ3) is 2.56. The van der Waals surface area contributed by atoms with Crippen LogP contribution in [0.4, 0.5) is 0 Å². The van der Waals surface area contributed by atoms with Crippen LogP contribution in [0.1, 0.15) is 12.5 Å². The first-order chi connectivity index (χ1) is 9.99. The van der Waals surface area contributed by atoms with Crippen molar-refractivity contribution >= 4 is 20.9 Å². The summed E-state index contributed by atoms with van der Waals surface area (Å²) in [4.78, 5) is 8.09. The van der Waals surface area contributed by atoms with Gasteiger partial charge in [0.05, 0.1) is 15.9 Å². The molecule has 2 aromatic carbocycles. The highest BCUT2D eigenvalue weighted by molar-refractivity contribution is 7.90. The van der Waals surface area contributed by atoms with Gasteiger partial charge in [0.2, 0.25) is 0 Å². The van der Waals surface area contributed by atoms with Gasteiger partial charge in [0.15, 0.2) is 9.84 Å². The molecule has 0 saturated carbocycles. The molecule has 0 spiro atoms. The van der Waals surface area contributed by atoms with Crippen LogP contribution in [-0.2, 0) is 16.3 Å². The molecule has 0 radical (unpaired) electrons. The maximum atomic E-state index is 11.6. The molecule has 3 rings (SSSR count). The molecular formula is C16H16N2O2S. The first kappa shape index (κ1) is 13.8. The fourth-order valence-electron chi connectivity index (χ4n) is 2.41. The smallest absolute Gasteiger partial charge is 0.175 e. The fourth-order valence-corrected chi connectivity index (χ4v) is 3.05. The molecule has 21 heavy (non-hydrogen) atoms. The zero-order valence-corrected chi connectivity index (χ0v) is 12.7. The number of imidazole rings is 1. The lowest BCUT2D eigenvalue weighted by molar-refractivity contribution is 0.602. The number of fused-ring (bicyclic) bond motifs is 1. The van der Waals surface area contributed by atoms with E-state index in [1.54, 1.807) is 18.2 Å². The molecule has 0 aliphatic heterocycles. The third-order valence-electron chi connectivity index (χ3n) is 3.53. The van der Waals surface area contributed by atoms with E-state index < -0.39 is 9.84 Å². The first-order valence-corrected chi connectivity index (χ1v) is 8.66. The van der Waals surface area contributed by atoms with E-state index in [0.29, 0.717) is 4.90 Å². The summed E-state index contributed by atoms with van der Waals surface area (Å²) < 4.78 is 23.2. The van der Waals surface area contributed by atoms with Crippen molar-refractivity contribution < 1.29 is 8.42 Å². The summed E-state index contributed by atoms with van der Waals surface area (Å²) in [5.74, 6) is 0.771. The Morgan fingerprint density at radius 1 is 1.14 bits per heavy atom. The Labute approximate surface area is 123 Å². The van der Waals surface area contributed by atoms with Gasteiger partial charge < -0.3 is 4.98 Å². The highest BCUT2D eigenvalue weighted by atomic mass is 32.2. The highest BCUT2D eigenvalue weighted by Gasteiger charge is 2.12. The average molecular weight is 300 g/mol. The number of benzene rings is 2. The number of hydrogen-bond acceptors (Lipinski definition) is 3. The number of H-pyrrole nitrogens is 1. The number of nitrogens with one attached hydrogen (secondary N) is 1. The summed E-state index contributed by atoms with van der Waals surface area (Å²) in [7, 11) is -3.21. The van der Waals surface area contributed by atoms with Crippen LogP contribution in [0.5, 0.6) is 0 Å². The van der Waals surface area contributed by atoms with E-state index in [1.165, 1.54) is 11.8 Å². The molecule has 0 fully saturated rings. The lowest BCUT2D eigenvalue weighted by Crippen LogP contribution is -1.96. The summed E-state index contributed by atoms with van der Waals surface area (Å²) in [6.45, 7) is 2.10. The standard InChI is InChI=1S/C16H16N2O2S/c1-3-11-6-4-5-7-13(11)16-17-14-9-8-12(21(2,19)20)10-15(14)18-16/h4-10H,3H2,1-2H3,(H,17,18). The number of nitrogens with zero attached hydrogens (tertiary/aromatic N) is 1. The van der Waals surface area contributed by atoms with Crippen LogP contribution in [0.3, 0.4) is 0 Å². The number of aromatic amines is 1. The topological polar surface area (TPSA) is 62.8 Å². The van der Waals surface area contributed by atoms with Crippen molar-refractivity contribution in [1.29, 1.82) is 0 Å². The molecule has 1 aromatic heterocycles. The van der Waals surface area contributed by atoms with Crippen LogP contribution in [-0.4, -0.2) is 24.6 Å². The van der Waals surface area contributed by atoms with Gasteiger partial charge in [-0.15, -0.1) is 0 Å². The van der Waals surface area contributed by atoms with E-state index >= 15 is 0 Å². The molecule has 0 amide bonds. The second-order valence-electron chi connectivity index (χ2n) is 5.05. The van der Waals surface area contributed by atoms with Crippen LogP contribution < -0.4 is 0 Å². The molecule has 5 heteroatoms. The van der Waals surface area contributed by atoms with Gasteiger partial charge >= 0.3 is 0 Å². The Balaban J connectivity index is 2.18. The van der Waals surface area contributed by atoms with Gasteiger partial charge in [-0.1, -0.05) is 31.2 Å². The minimum absolute atomic E-state index is 0.300. The van der Waals surface area contributed by atoms with Gasteiger partial charge in [-0.2, -0.15) is 0 Å². The normalized spacial score (nSPS) is 11.9. The molecule has 0 aliphatic carbocycles. The number of rotatable bonds is 3. The Kier molecular flexibility index (Phi) is 3.29. The Hall–Kier alpha value is -2.14. The van der Waals surface area contributed by atoms with E-state index in [4.69, 9.17) is 0 Å². The minimum atomic E-state index is -3.21. The van der Waals surface area contributed by atoms with Crippen LogP contribution in [0.25, 0.3) is 22.4 Å². The largest absolute Gasteiger partial charge is 0.338 e. The molecule has 108 valence electrons. The molecule has 3 aromatic rings. The summed E-state index contributed by atoms with van der Waals surface area (Å²) in [5, 5.41) is 0. The van der Waals surface area contributed by atoms with Crippen molar-refractivity contribution in [3.8, 4) is 11.4 Å². The Bertz CT molecular complexity index is 911. The molecule has 1 heterocycles. The Morgan fingerprint density at radius 3 is 2.62 bits per heavy atom. The molecule has 0 saturated heterocycles. The van der Waals surface area contributed by atoms with Gasteiger partial charge in [0.1, 0.15) is 5.82 Å². The molecule has 0 aliphatic rings. The van der Waals surface area contributed by atoms with Crippen LogP contribution in [0.15, 0.2) is 47.4 Å². The van der Waals surface area contributed by atoms with E-state index in [9.17, 15) is 8.42 Å². The number of aryl methyl sites for hydroxylation is 1. The van der Waals surface area contributed by atoms with Crippen molar-refractivity contribution in [2.45, 2.75) is 18.2 Å². The monoisotopic (exact) mass is 300 g/mol. The van der Waals surface area contributed by atoms with Crippen LogP contribution in [0, 0.1) is 0 Å². The quantitative estimate of drug-likeness (QED) is 0.808. The fraction of sp³-hybridized carbons (Fsp3) is 0.188. The Morgan fingerprint density at radius 2 is 1.90 bits per heavy atom. The second-order valence-corrected chi connectivity index (χ2v) is 7.06. The van der Waals surface area contributed by atoms with E-state index in [1.807, 2.05) is 18.2 Å². The van der Waals surface area contributed by atoms with Crippen molar-refractivity contribution in [2.75, 3.05) is 6.26 Å². The molecule has 4 nitrogen and oxygen atoms in total. The summed E-state index contributed by atoms with van der Waals surface area (Å²) in [6.07, 6.45) is 2.12. The highest BCUT2D eigenvalue weighted by Crippen LogP contribution is 2.25. The molecule has 1 N–H and O–H groups in total. The summed E-state index contributed by atoms with van der Waals surface area (Å²) >= 11 is 0. The SMILES string of the molecule is CCc1ccccc1-c1nc2ccc(S(C)(=O)=O)cc2[nH]1. The number of aromatic nitrogens is 2. The molecular weight excluding hydrogens is 284 g/mol. The second kappa shape index (κ2) is 5.00. The summed E-state index contributed by atoms with van der Waals surface area (Å²) in [5.41, 5.74) is 3.76. The lowest BCUT2D eigenvalue weighted by atomic mass is 10.1. The summed E-state index contributed by atoms with van der Waals surface area (Å²) in [6, 6.07) is 13.0. The lowest BCUT2D eigenvalue weighted by Gasteiger charge is -2.03. The minimum Gasteiger partial charge on any atom is -0.338 e. The van der Waals surface area contributed by atoms with E-state index in [2.05, 4.69) is 23.0 Å². The van der Waals surface area contributed by atoms with Crippen molar-refractivity contribution in [1.82, 2.24) is 9.97 Å². The maximum absolute atomic E-state index is 11.6. The predicted octanol–water partition coefficient (Wildman–Crippen LogP) is 3.20. The van der Waals surface area contributed by atoms with Crippen molar-refractivity contribution in [3.63, 3.8) is 0 Å². The average Bonchev–Trinajstić information content (AvgIpc) is 2.89. The van der Waals surface area contributed by atoms with Crippen LogP contribution >= 0.6 is 0 Å². The van der Waals surface area contributed by atoms with Crippen LogP contribution in [0.2, 0.25) is 0 Å². The van der Waals surface area contributed by atoms with Gasteiger partial charge in [-0.05, 0) is 30.2 Å². The number of sulfone groups is 1. The van der Waals surface area contributed by atoms with E-state index in [-0.39, 0.29) is 0 Å². The van der Waals surface area contributed by atoms with Gasteiger partial charge in [-0.25, -0.2) is 13.4 Å². The molecule has 0 atom stereocenters. The first-order valence-electron chi connectivity index (χ1n) is 6.77. The zero-order valence-electron chi connectivity index (χ0n) is 11.9. The van der Waals surface area contributed by atoms with E-state index in [0.717, 1.165) is 28.8 Å². The van der Waals surface area contributed by atoms with Crippen molar-refractivity contribution in [2.24, 2.45) is 0 Å². The maximum Gasteiger partial charge on any atom is 0.175 e. The third-order valence-corrected chi connectivity index (χ3v) is 4.65. The van der Waals surface area contributed by atoms with Gasteiger partial charge in [0.25, 0.3) is 0 Å². The van der Waals surface area contributed by atoms with Crippen molar-refractivity contribution in [3.05, 3.63) is 48.0 Å². The zero-order chi connectivity index (χ0) is 15.0. The molecule has 0 unspecified atom stereocenters. The van der Waals surface area contributed by atoms with Gasteiger partial charge in [-0.3, -0.25) is 0 Å². The number of hydrogen-bond donors (Lipinski definition) is 1.